The average Bonchev–Trinajstić information content (AvgIpc) is 2.16. The summed E-state index contributed by atoms with van der Waals surface area (Å²) in [4.78, 5) is 0. The summed E-state index contributed by atoms with van der Waals surface area (Å²) in [5, 5.41) is 0. The van der Waals surface area contributed by atoms with Crippen LogP contribution in [0.2, 0.25) is 0 Å². The highest BCUT2D eigenvalue weighted by Gasteiger charge is 2.02. The summed E-state index contributed by atoms with van der Waals surface area (Å²) in [6, 6.07) is 4.78. The number of nitrogens with one attached hydrogen (secondary N) is 1. The van der Waals surface area contributed by atoms with Gasteiger partial charge in [0, 0.05) is 6.07 Å². The molecule has 0 aromatic heterocycles. The van der Waals surface area contributed by atoms with Crippen molar-refractivity contribution in [3.8, 4) is 11.5 Å². The van der Waals surface area contributed by atoms with Crippen molar-refractivity contribution in [1.82, 2.24) is 0 Å². The fourth-order valence-corrected chi connectivity index (χ4v) is 0.877. The third-order valence-electron chi connectivity index (χ3n) is 1.51. The average molecular weight is 171 g/mol. The first-order valence-corrected chi connectivity index (χ1v) is 3.40. The van der Waals surface area contributed by atoms with Crippen LogP contribution in [0, 0.1) is 0 Å². The number of anilines is 1. The van der Waals surface area contributed by atoms with E-state index < -0.39 is 0 Å². The zero-order valence-electron chi connectivity index (χ0n) is 6.93. The van der Waals surface area contributed by atoms with E-state index in [1.165, 1.54) is 25.8 Å². The van der Waals surface area contributed by atoms with E-state index in [9.17, 15) is 4.48 Å². The Morgan fingerprint density at radius 2 is 2.00 bits per heavy atom. The van der Waals surface area contributed by atoms with Gasteiger partial charge in [0.2, 0.25) is 0 Å². The van der Waals surface area contributed by atoms with E-state index >= 15 is 0 Å². The van der Waals surface area contributed by atoms with E-state index in [1.54, 1.807) is 12.1 Å². The standard InChI is InChI=1S/C8H10FNO2/c1-11-6-3-4-7(10-9)8(5-6)12-2/h3-5,10H,1-2H3. The van der Waals surface area contributed by atoms with Gasteiger partial charge in [0.25, 0.3) is 0 Å². The minimum Gasteiger partial charge on any atom is -0.497 e. The maximum Gasteiger partial charge on any atom is 0.148 e. The molecule has 0 bridgehead atoms. The molecule has 4 heteroatoms. The van der Waals surface area contributed by atoms with Gasteiger partial charge in [-0.05, 0) is 12.1 Å². The molecule has 0 saturated carbocycles. The lowest BCUT2D eigenvalue weighted by Crippen LogP contribution is -1.91. The lowest BCUT2D eigenvalue weighted by atomic mass is 10.3. The van der Waals surface area contributed by atoms with Crippen LogP contribution in [-0.4, -0.2) is 14.2 Å². The molecule has 1 aromatic carbocycles. The monoisotopic (exact) mass is 171 g/mol. The molecule has 1 aromatic rings. The first-order chi connectivity index (χ1) is 5.81. The number of hydrogen-bond donors (Lipinski definition) is 1. The van der Waals surface area contributed by atoms with Crippen LogP contribution in [0.5, 0.6) is 11.5 Å². The van der Waals surface area contributed by atoms with Crippen LogP contribution in [0.1, 0.15) is 0 Å². The van der Waals surface area contributed by atoms with Gasteiger partial charge in [-0.25, -0.2) is 5.54 Å². The van der Waals surface area contributed by atoms with E-state index in [0.717, 1.165) is 0 Å². The predicted octanol–water partition coefficient (Wildman–Crippen LogP) is 2.00. The molecule has 12 heavy (non-hydrogen) atoms. The van der Waals surface area contributed by atoms with Gasteiger partial charge in [0.15, 0.2) is 0 Å². The van der Waals surface area contributed by atoms with Crippen LogP contribution in [0.15, 0.2) is 18.2 Å². The first kappa shape index (κ1) is 8.64. The highest BCUT2D eigenvalue weighted by atomic mass is 19.2. The van der Waals surface area contributed by atoms with E-state index in [-0.39, 0.29) is 0 Å². The topological polar surface area (TPSA) is 30.5 Å². The fourth-order valence-electron chi connectivity index (χ4n) is 0.877. The molecule has 0 saturated heterocycles. The second kappa shape index (κ2) is 3.80. The molecular formula is C8H10FNO2. The van der Waals surface area contributed by atoms with E-state index in [4.69, 9.17) is 9.47 Å². The van der Waals surface area contributed by atoms with Crippen LogP contribution in [0.3, 0.4) is 0 Å². The lowest BCUT2D eigenvalue weighted by molar-refractivity contribution is 0.394. The van der Waals surface area contributed by atoms with Crippen LogP contribution in [0.25, 0.3) is 0 Å². The van der Waals surface area contributed by atoms with Crippen molar-refractivity contribution < 1.29 is 14.0 Å². The molecule has 0 atom stereocenters. The number of rotatable bonds is 3. The summed E-state index contributed by atoms with van der Waals surface area (Å²) < 4.78 is 21.9. The molecule has 1 rings (SSSR count). The molecule has 0 radical (unpaired) electrons. The molecule has 0 aliphatic heterocycles. The van der Waals surface area contributed by atoms with Gasteiger partial charge in [-0.1, -0.05) is 0 Å². The third-order valence-corrected chi connectivity index (χ3v) is 1.51. The maximum atomic E-state index is 12.0. The smallest absolute Gasteiger partial charge is 0.148 e. The van der Waals surface area contributed by atoms with Gasteiger partial charge in [-0.2, -0.15) is 0 Å². The minimum absolute atomic E-state index is 0.290. The first-order valence-electron chi connectivity index (χ1n) is 3.40. The summed E-state index contributed by atoms with van der Waals surface area (Å²) in [5.74, 6) is 1.04. The Morgan fingerprint density at radius 3 is 2.50 bits per heavy atom. The largest absolute Gasteiger partial charge is 0.497 e. The van der Waals surface area contributed by atoms with Crippen molar-refractivity contribution in [2.75, 3.05) is 19.8 Å². The zero-order valence-corrected chi connectivity index (χ0v) is 6.93. The number of ether oxygens (including phenoxy) is 2. The molecule has 0 unspecified atom stereocenters. The van der Waals surface area contributed by atoms with Crippen LogP contribution in [0.4, 0.5) is 10.2 Å². The molecular weight excluding hydrogens is 161 g/mol. The number of methoxy groups -OCH3 is 2. The van der Waals surface area contributed by atoms with E-state index in [2.05, 4.69) is 0 Å². The summed E-state index contributed by atoms with van der Waals surface area (Å²) in [5.41, 5.74) is 1.81. The molecule has 0 fully saturated rings. The predicted molar refractivity (Wildman–Crippen MR) is 44.3 cm³/mol. The summed E-state index contributed by atoms with van der Waals surface area (Å²) in [7, 11) is 3.01. The van der Waals surface area contributed by atoms with Gasteiger partial charge < -0.3 is 9.47 Å². The Morgan fingerprint density at radius 1 is 1.25 bits per heavy atom. The highest BCUT2D eigenvalue weighted by molar-refractivity contribution is 5.57. The third kappa shape index (κ3) is 1.58. The Balaban J connectivity index is 3.02. The Bertz CT molecular complexity index is 265. The van der Waals surface area contributed by atoms with Crippen LogP contribution >= 0.6 is 0 Å². The quantitative estimate of drug-likeness (QED) is 0.705. The van der Waals surface area contributed by atoms with Crippen molar-refractivity contribution in [3.63, 3.8) is 0 Å². The number of hydrogen-bond acceptors (Lipinski definition) is 3. The van der Waals surface area contributed by atoms with Gasteiger partial charge in [0.05, 0.1) is 14.2 Å². The van der Waals surface area contributed by atoms with Crippen molar-refractivity contribution >= 4 is 5.69 Å². The molecule has 0 heterocycles. The molecule has 0 aliphatic rings. The van der Waals surface area contributed by atoms with Gasteiger partial charge in [0.1, 0.15) is 17.2 Å². The van der Waals surface area contributed by atoms with Crippen molar-refractivity contribution in [1.29, 1.82) is 0 Å². The molecule has 0 aliphatic carbocycles. The Labute approximate surface area is 70.0 Å². The summed E-state index contributed by atoms with van der Waals surface area (Å²) >= 11 is 0. The molecule has 0 amide bonds. The normalized spacial score (nSPS) is 9.25. The van der Waals surface area contributed by atoms with Gasteiger partial charge in [-0.15, -0.1) is 4.48 Å². The molecule has 1 N–H and O–H groups in total. The second-order valence-corrected chi connectivity index (χ2v) is 2.16. The van der Waals surface area contributed by atoms with E-state index in [1.807, 2.05) is 0 Å². The number of benzene rings is 1. The molecule has 3 nitrogen and oxygen atoms in total. The molecule has 66 valence electrons. The molecule has 0 spiro atoms. The van der Waals surface area contributed by atoms with Gasteiger partial charge in [-0.3, -0.25) is 0 Å². The van der Waals surface area contributed by atoms with Crippen molar-refractivity contribution in [2.24, 2.45) is 0 Å². The Hall–Kier alpha value is -1.45. The zero-order chi connectivity index (χ0) is 8.97. The highest BCUT2D eigenvalue weighted by Crippen LogP contribution is 2.28. The van der Waals surface area contributed by atoms with E-state index in [0.29, 0.717) is 17.2 Å². The number of halogens is 1. The van der Waals surface area contributed by atoms with Gasteiger partial charge >= 0.3 is 0 Å². The SMILES string of the molecule is COc1ccc(NF)c(OC)c1. The maximum absolute atomic E-state index is 12.0. The summed E-state index contributed by atoms with van der Waals surface area (Å²) in [6.45, 7) is 0. The summed E-state index contributed by atoms with van der Waals surface area (Å²) in [6.07, 6.45) is 0. The Kier molecular flexibility index (Phi) is 2.74. The lowest BCUT2D eigenvalue weighted by Gasteiger charge is -2.07. The van der Waals surface area contributed by atoms with Crippen molar-refractivity contribution in [2.45, 2.75) is 0 Å². The van der Waals surface area contributed by atoms with Crippen molar-refractivity contribution in [3.05, 3.63) is 18.2 Å². The second-order valence-electron chi connectivity index (χ2n) is 2.16. The fraction of sp³-hybridized carbons (Fsp3) is 0.250. The van der Waals surface area contributed by atoms with Crippen LogP contribution in [-0.2, 0) is 0 Å². The van der Waals surface area contributed by atoms with Crippen LogP contribution < -0.4 is 15.0 Å². The minimum atomic E-state index is 0.290.